The van der Waals surface area contributed by atoms with Gasteiger partial charge in [0.25, 0.3) is 5.92 Å². The van der Waals surface area contributed by atoms with E-state index < -0.39 is 17.4 Å². The molecule has 0 saturated heterocycles. The number of halogens is 3. The van der Waals surface area contributed by atoms with Gasteiger partial charge in [0.15, 0.2) is 0 Å². The van der Waals surface area contributed by atoms with Crippen LogP contribution in [0.15, 0.2) is 90.1 Å². The minimum atomic E-state index is -3.36. The fourth-order valence-electron chi connectivity index (χ4n) is 3.60. The van der Waals surface area contributed by atoms with Crippen LogP contribution in [-0.4, -0.2) is 32.1 Å². The van der Waals surface area contributed by atoms with Gasteiger partial charge in [-0.3, -0.25) is 4.98 Å². The van der Waals surface area contributed by atoms with Crippen LogP contribution >= 0.6 is 0 Å². The van der Waals surface area contributed by atoms with Gasteiger partial charge >= 0.3 is 0 Å². The highest BCUT2D eigenvalue weighted by molar-refractivity contribution is 5.96. The molecule has 3 rings (SSSR count). The number of nitrogens with zero attached hydrogens (tertiary/aromatic N) is 4. The van der Waals surface area contributed by atoms with Crippen molar-refractivity contribution in [1.82, 2.24) is 25.3 Å². The molecule has 2 aromatic heterocycles. The topological polar surface area (TPSA) is 91.5 Å². The zero-order valence-electron chi connectivity index (χ0n) is 20.3. The molecule has 7 nitrogen and oxygen atoms in total. The highest BCUT2D eigenvalue weighted by atomic mass is 19.3. The Balaban J connectivity index is 1.95. The molecule has 0 amide bonds. The smallest absolute Gasteiger partial charge is 0.285 e. The molecule has 0 saturated carbocycles. The Morgan fingerprint density at radius 3 is 2.44 bits per heavy atom. The van der Waals surface area contributed by atoms with Crippen LogP contribution in [0.2, 0.25) is 0 Å². The molecule has 0 aliphatic carbocycles. The molecule has 10 heteroatoms. The van der Waals surface area contributed by atoms with E-state index in [1.165, 1.54) is 29.5 Å². The SMILES string of the molecule is C=C(NC(/C=C(/F)Cn1nccn1)=C/C)/C(C=N)=C(/Nc1cnc(CC)c2ccccc12)C(C)(F)F. The van der Waals surface area contributed by atoms with Crippen LogP contribution in [0.5, 0.6) is 0 Å². The molecule has 3 N–H and O–H groups in total. The minimum absolute atomic E-state index is 0.00849. The number of pyridine rings is 1. The van der Waals surface area contributed by atoms with E-state index in [1.807, 2.05) is 31.2 Å². The molecule has 3 aromatic rings. The predicted molar refractivity (Wildman–Crippen MR) is 136 cm³/mol. The van der Waals surface area contributed by atoms with Gasteiger partial charge in [-0.25, -0.2) is 4.39 Å². The van der Waals surface area contributed by atoms with Crippen molar-refractivity contribution in [3.8, 4) is 0 Å². The van der Waals surface area contributed by atoms with Crippen molar-refractivity contribution >= 4 is 22.7 Å². The first kappa shape index (κ1) is 26.4. The molecule has 188 valence electrons. The molecule has 0 aliphatic heterocycles. The molecule has 0 aliphatic rings. The van der Waals surface area contributed by atoms with Crippen LogP contribution in [0.3, 0.4) is 0 Å². The Kier molecular flexibility index (Phi) is 8.42. The zero-order valence-corrected chi connectivity index (χ0v) is 20.3. The first-order valence-corrected chi connectivity index (χ1v) is 11.3. The van der Waals surface area contributed by atoms with Gasteiger partial charge < -0.3 is 16.0 Å². The molecule has 0 spiro atoms. The summed E-state index contributed by atoms with van der Waals surface area (Å²) in [6, 6.07) is 7.38. The molecule has 36 heavy (non-hydrogen) atoms. The van der Waals surface area contributed by atoms with E-state index >= 15 is 0 Å². The Morgan fingerprint density at radius 2 is 1.86 bits per heavy atom. The second kappa shape index (κ2) is 11.5. The third-order valence-corrected chi connectivity index (χ3v) is 5.33. The van der Waals surface area contributed by atoms with Gasteiger partial charge in [0.2, 0.25) is 0 Å². The maximum Gasteiger partial charge on any atom is 0.285 e. The summed E-state index contributed by atoms with van der Waals surface area (Å²) >= 11 is 0. The molecule has 0 fully saturated rings. The highest BCUT2D eigenvalue weighted by Crippen LogP contribution is 2.33. The van der Waals surface area contributed by atoms with Crippen LogP contribution in [0, 0.1) is 5.41 Å². The van der Waals surface area contributed by atoms with Crippen LogP contribution in [0.25, 0.3) is 10.8 Å². The van der Waals surface area contributed by atoms with Crippen molar-refractivity contribution in [3.05, 3.63) is 95.8 Å². The number of hydrogen-bond acceptors (Lipinski definition) is 6. The lowest BCUT2D eigenvalue weighted by molar-refractivity contribution is 0.0643. The fraction of sp³-hybridized carbons (Fsp3) is 0.231. The number of fused-ring (bicyclic) bond motifs is 1. The van der Waals surface area contributed by atoms with Crippen molar-refractivity contribution in [3.63, 3.8) is 0 Å². The molecule has 0 radical (unpaired) electrons. The number of anilines is 1. The molecule has 0 atom stereocenters. The summed E-state index contributed by atoms with van der Waals surface area (Å²) in [6.45, 7) is 7.99. The largest absolute Gasteiger partial charge is 0.356 e. The van der Waals surface area contributed by atoms with Crippen LogP contribution in [0.4, 0.5) is 18.9 Å². The van der Waals surface area contributed by atoms with Crippen molar-refractivity contribution in [2.24, 2.45) is 0 Å². The van der Waals surface area contributed by atoms with Gasteiger partial charge in [-0.15, -0.1) is 0 Å². The van der Waals surface area contributed by atoms with E-state index in [1.54, 1.807) is 13.0 Å². The summed E-state index contributed by atoms with van der Waals surface area (Å²) in [6.07, 6.45) is 8.58. The molecule has 0 unspecified atom stereocenters. The van der Waals surface area contributed by atoms with E-state index in [2.05, 4.69) is 32.4 Å². The standard InChI is InChI=1S/C26H28F3N7/c1-5-19(13-18(27)16-36-32-11-12-33-36)34-17(3)22(14-30)25(26(4,28)29)35-24-15-31-23(6-2)20-9-7-8-10-21(20)24/h5,7-15,30,34-35H,3,6,16H2,1-2,4H3/b18-13+,19-5+,25-22+,30-14?. The van der Waals surface area contributed by atoms with Gasteiger partial charge in [-0.05, 0) is 19.4 Å². The summed E-state index contributed by atoms with van der Waals surface area (Å²) in [5.74, 6) is -3.92. The molecule has 0 bridgehead atoms. The Morgan fingerprint density at radius 1 is 1.19 bits per heavy atom. The minimum Gasteiger partial charge on any atom is -0.356 e. The predicted octanol–water partition coefficient (Wildman–Crippen LogP) is 5.92. The third kappa shape index (κ3) is 6.26. The molecule has 1 aromatic carbocycles. The quantitative estimate of drug-likeness (QED) is 0.227. The monoisotopic (exact) mass is 495 g/mol. The number of nitrogens with one attached hydrogen (secondary N) is 3. The van der Waals surface area contributed by atoms with Crippen molar-refractivity contribution in [2.75, 3.05) is 5.32 Å². The summed E-state index contributed by atoms with van der Waals surface area (Å²) < 4.78 is 44.1. The number of aromatic nitrogens is 4. The van der Waals surface area contributed by atoms with Crippen molar-refractivity contribution in [1.29, 1.82) is 5.41 Å². The Labute approximate surface area is 207 Å². The van der Waals surface area contributed by atoms with Crippen LogP contribution < -0.4 is 10.6 Å². The van der Waals surface area contributed by atoms with Crippen LogP contribution in [0.1, 0.15) is 26.5 Å². The van der Waals surface area contributed by atoms with Crippen LogP contribution in [-0.2, 0) is 13.0 Å². The zero-order chi connectivity index (χ0) is 26.3. The van der Waals surface area contributed by atoms with E-state index in [4.69, 9.17) is 5.41 Å². The lowest BCUT2D eigenvalue weighted by Crippen LogP contribution is -2.26. The maximum absolute atomic E-state index is 14.8. The van der Waals surface area contributed by atoms with E-state index in [9.17, 15) is 13.2 Å². The Bertz CT molecular complexity index is 1330. The van der Waals surface area contributed by atoms with Gasteiger partial charge in [-0.1, -0.05) is 43.8 Å². The summed E-state index contributed by atoms with van der Waals surface area (Å²) in [7, 11) is 0. The Hall–Kier alpha value is -4.21. The number of rotatable bonds is 11. The fourth-order valence-corrected chi connectivity index (χ4v) is 3.60. The average molecular weight is 496 g/mol. The van der Waals surface area contributed by atoms with Crippen molar-refractivity contribution < 1.29 is 13.2 Å². The summed E-state index contributed by atoms with van der Waals surface area (Å²) in [5.41, 5.74) is 0.767. The number of alkyl halides is 2. The van der Waals surface area contributed by atoms with E-state index in [0.29, 0.717) is 12.1 Å². The second-order valence-corrected chi connectivity index (χ2v) is 7.96. The van der Waals surface area contributed by atoms with Crippen molar-refractivity contribution in [2.45, 2.75) is 39.7 Å². The number of benzene rings is 1. The normalized spacial score (nSPS) is 13.4. The van der Waals surface area contributed by atoms with Gasteiger partial charge in [0.05, 0.1) is 30.0 Å². The first-order valence-electron chi connectivity index (χ1n) is 11.3. The average Bonchev–Trinajstić information content (AvgIpc) is 3.35. The van der Waals surface area contributed by atoms with Gasteiger partial charge in [0, 0.05) is 46.6 Å². The maximum atomic E-state index is 14.8. The second-order valence-electron chi connectivity index (χ2n) is 7.96. The lowest BCUT2D eigenvalue weighted by atomic mass is 10.0. The summed E-state index contributed by atoms with van der Waals surface area (Å²) in [4.78, 5) is 5.58. The number of allylic oxidation sites excluding steroid dienone is 5. The number of aryl methyl sites for hydroxylation is 1. The van der Waals surface area contributed by atoms with Gasteiger partial charge in [0.1, 0.15) is 12.4 Å². The molecular formula is C26H28F3N7. The first-order chi connectivity index (χ1) is 17.2. The number of hydrogen-bond donors (Lipinski definition) is 3. The molecular weight excluding hydrogens is 467 g/mol. The summed E-state index contributed by atoms with van der Waals surface area (Å²) in [5, 5.41) is 22.7. The molecule has 2 heterocycles. The van der Waals surface area contributed by atoms with E-state index in [-0.39, 0.29) is 23.5 Å². The third-order valence-electron chi connectivity index (χ3n) is 5.33. The van der Waals surface area contributed by atoms with Gasteiger partial charge in [-0.2, -0.15) is 23.8 Å². The lowest BCUT2D eigenvalue weighted by Gasteiger charge is -2.23. The van der Waals surface area contributed by atoms with E-state index in [0.717, 1.165) is 29.6 Å². The highest BCUT2D eigenvalue weighted by Gasteiger charge is 2.32.